The molecule has 0 atom stereocenters. The van der Waals surface area contributed by atoms with Gasteiger partial charge in [-0.15, -0.1) is 0 Å². The molecule has 23 heavy (non-hydrogen) atoms. The maximum Gasteiger partial charge on any atom is 0.337 e. The van der Waals surface area contributed by atoms with Crippen molar-refractivity contribution in [3.05, 3.63) is 56.6 Å². The summed E-state index contributed by atoms with van der Waals surface area (Å²) >= 11 is 12.2. The van der Waals surface area contributed by atoms with Crippen LogP contribution in [0.2, 0.25) is 10.0 Å². The molecule has 120 valence electrons. The highest BCUT2D eigenvalue weighted by Gasteiger charge is 2.16. The topological polar surface area (TPSA) is 127 Å². The fourth-order valence-corrected chi connectivity index (χ4v) is 2.59. The largest absolute Gasteiger partial charge is 0.478 e. The first-order chi connectivity index (χ1) is 10.7. The molecule has 0 aliphatic heterocycles. The second-order valence-electron chi connectivity index (χ2n) is 4.85. The van der Waals surface area contributed by atoms with Crippen molar-refractivity contribution >= 4 is 46.5 Å². The van der Waals surface area contributed by atoms with E-state index in [2.05, 4.69) is 0 Å². The summed E-state index contributed by atoms with van der Waals surface area (Å²) in [5, 5.41) is 18.7. The summed E-state index contributed by atoms with van der Waals surface area (Å²) in [6.45, 7) is 0. The van der Waals surface area contributed by atoms with Crippen LogP contribution in [0.15, 0.2) is 24.3 Å². The second kappa shape index (κ2) is 6.36. The molecule has 0 aliphatic rings. The van der Waals surface area contributed by atoms with Crippen LogP contribution in [-0.4, -0.2) is 22.2 Å². The molecule has 0 aromatic heterocycles. The molecule has 8 heteroatoms. The van der Waals surface area contributed by atoms with Crippen molar-refractivity contribution < 1.29 is 19.8 Å². The Morgan fingerprint density at radius 1 is 0.826 bits per heavy atom. The predicted molar refractivity (Wildman–Crippen MR) is 88.5 cm³/mol. The third-order valence-electron chi connectivity index (χ3n) is 3.28. The monoisotopic (exact) mass is 354 g/mol. The van der Waals surface area contributed by atoms with Crippen LogP contribution in [0.1, 0.15) is 31.8 Å². The van der Waals surface area contributed by atoms with Gasteiger partial charge >= 0.3 is 11.9 Å². The van der Waals surface area contributed by atoms with Crippen molar-refractivity contribution in [2.45, 2.75) is 6.42 Å². The lowest BCUT2D eigenvalue weighted by atomic mass is 9.99. The smallest absolute Gasteiger partial charge is 0.337 e. The Hall–Kier alpha value is -2.44. The van der Waals surface area contributed by atoms with Crippen molar-refractivity contribution in [1.29, 1.82) is 0 Å². The number of rotatable bonds is 4. The SMILES string of the molecule is Nc1cc(Cl)c(Cc2cc(C(=O)O)c(N)cc2Cl)cc1C(=O)O. The zero-order valence-corrected chi connectivity index (χ0v) is 13.1. The summed E-state index contributed by atoms with van der Waals surface area (Å²) in [6, 6.07) is 5.35. The number of nitrogens with two attached hydrogens (primary N) is 2. The highest BCUT2D eigenvalue weighted by Crippen LogP contribution is 2.30. The number of benzene rings is 2. The van der Waals surface area contributed by atoms with Crippen molar-refractivity contribution in [1.82, 2.24) is 0 Å². The fraction of sp³-hybridized carbons (Fsp3) is 0.0667. The average Bonchev–Trinajstić information content (AvgIpc) is 2.43. The van der Waals surface area contributed by atoms with Gasteiger partial charge in [0.15, 0.2) is 0 Å². The van der Waals surface area contributed by atoms with Crippen LogP contribution < -0.4 is 11.5 Å². The normalized spacial score (nSPS) is 10.5. The van der Waals surface area contributed by atoms with E-state index in [0.29, 0.717) is 11.1 Å². The molecule has 0 unspecified atom stereocenters. The van der Waals surface area contributed by atoms with Crippen molar-refractivity contribution in [3.8, 4) is 0 Å². The number of halogens is 2. The molecule has 0 amide bonds. The van der Waals surface area contributed by atoms with E-state index in [1.165, 1.54) is 24.3 Å². The van der Waals surface area contributed by atoms with Gasteiger partial charge in [-0.1, -0.05) is 23.2 Å². The summed E-state index contributed by atoms with van der Waals surface area (Å²) in [7, 11) is 0. The second-order valence-corrected chi connectivity index (χ2v) is 5.66. The van der Waals surface area contributed by atoms with Crippen LogP contribution in [0.5, 0.6) is 0 Å². The molecule has 0 fully saturated rings. The summed E-state index contributed by atoms with van der Waals surface area (Å²) in [5.41, 5.74) is 12.1. The van der Waals surface area contributed by atoms with Crippen LogP contribution in [-0.2, 0) is 6.42 Å². The maximum atomic E-state index is 11.1. The van der Waals surface area contributed by atoms with Gasteiger partial charge in [-0.3, -0.25) is 0 Å². The number of hydrogen-bond donors (Lipinski definition) is 4. The molecule has 0 saturated carbocycles. The lowest BCUT2D eigenvalue weighted by Crippen LogP contribution is -2.06. The zero-order valence-electron chi connectivity index (χ0n) is 11.6. The van der Waals surface area contributed by atoms with Crippen LogP contribution in [0.4, 0.5) is 11.4 Å². The van der Waals surface area contributed by atoms with E-state index in [4.69, 9.17) is 44.9 Å². The number of carbonyl (C=O) groups is 2. The molecule has 6 nitrogen and oxygen atoms in total. The molecule has 0 aliphatic carbocycles. The minimum absolute atomic E-state index is 0.0425. The maximum absolute atomic E-state index is 11.1. The summed E-state index contributed by atoms with van der Waals surface area (Å²) < 4.78 is 0. The highest BCUT2D eigenvalue weighted by molar-refractivity contribution is 6.32. The van der Waals surface area contributed by atoms with Gasteiger partial charge in [0.05, 0.1) is 11.1 Å². The van der Waals surface area contributed by atoms with E-state index in [-0.39, 0.29) is 39.0 Å². The number of carboxylic acid groups (broad SMARTS) is 2. The van der Waals surface area contributed by atoms with E-state index in [9.17, 15) is 9.59 Å². The van der Waals surface area contributed by atoms with E-state index >= 15 is 0 Å². The first-order valence-corrected chi connectivity index (χ1v) is 7.08. The zero-order chi connectivity index (χ0) is 17.3. The van der Waals surface area contributed by atoms with E-state index in [1.807, 2.05) is 0 Å². The predicted octanol–water partition coefficient (Wildman–Crippen LogP) is 3.15. The van der Waals surface area contributed by atoms with Gasteiger partial charge in [-0.05, 0) is 35.4 Å². The lowest BCUT2D eigenvalue weighted by Gasteiger charge is -2.11. The van der Waals surface area contributed by atoms with Gasteiger partial charge < -0.3 is 21.7 Å². The van der Waals surface area contributed by atoms with Crippen LogP contribution in [0, 0.1) is 0 Å². The Kier molecular flexibility index (Phi) is 4.68. The van der Waals surface area contributed by atoms with Crippen molar-refractivity contribution in [3.63, 3.8) is 0 Å². The van der Waals surface area contributed by atoms with E-state index < -0.39 is 11.9 Å². The molecule has 0 spiro atoms. The van der Waals surface area contributed by atoms with Gasteiger partial charge in [-0.25, -0.2) is 9.59 Å². The molecule has 2 aromatic rings. The molecule has 0 saturated heterocycles. The van der Waals surface area contributed by atoms with Crippen molar-refractivity contribution in [2.75, 3.05) is 11.5 Å². The fourth-order valence-electron chi connectivity index (χ4n) is 2.11. The number of anilines is 2. The molecule has 0 radical (unpaired) electrons. The van der Waals surface area contributed by atoms with E-state index in [1.54, 1.807) is 0 Å². The molecular formula is C15H12Cl2N2O4. The summed E-state index contributed by atoms with van der Waals surface area (Å²) in [5.74, 6) is -2.37. The average molecular weight is 355 g/mol. The highest BCUT2D eigenvalue weighted by atomic mass is 35.5. The lowest BCUT2D eigenvalue weighted by molar-refractivity contribution is 0.0687. The molecule has 6 N–H and O–H groups in total. The minimum atomic E-state index is -1.19. The van der Waals surface area contributed by atoms with Gasteiger partial charge in [0.25, 0.3) is 0 Å². The Morgan fingerprint density at radius 3 is 1.48 bits per heavy atom. The van der Waals surface area contributed by atoms with Crippen LogP contribution >= 0.6 is 23.2 Å². The third-order valence-corrected chi connectivity index (χ3v) is 3.98. The van der Waals surface area contributed by atoms with Crippen LogP contribution in [0.3, 0.4) is 0 Å². The quantitative estimate of drug-likeness (QED) is 0.624. The minimum Gasteiger partial charge on any atom is -0.478 e. The summed E-state index contributed by atoms with van der Waals surface area (Å²) in [4.78, 5) is 22.3. The van der Waals surface area contributed by atoms with Crippen LogP contribution in [0.25, 0.3) is 0 Å². The molecule has 2 aromatic carbocycles. The molecular weight excluding hydrogens is 343 g/mol. The molecule has 2 rings (SSSR count). The summed E-state index contributed by atoms with van der Waals surface area (Å²) in [6.07, 6.45) is 0.138. The van der Waals surface area contributed by atoms with E-state index in [0.717, 1.165) is 0 Å². The first-order valence-electron chi connectivity index (χ1n) is 6.33. The standard InChI is InChI=1S/C15H12Cl2N2O4/c16-10-4-12(18)8(14(20)21)2-6(10)1-7-3-9(15(22)23)13(19)5-11(7)17/h2-5H,1,18-19H2,(H,20,21)(H,22,23). The number of carboxylic acids is 2. The van der Waals surface area contributed by atoms with Gasteiger partial charge in [0.2, 0.25) is 0 Å². The Labute approximate surface area is 141 Å². The molecule has 0 heterocycles. The van der Waals surface area contributed by atoms with Gasteiger partial charge in [-0.2, -0.15) is 0 Å². The first kappa shape index (κ1) is 16.9. The Morgan fingerprint density at radius 2 is 1.17 bits per heavy atom. The molecule has 0 bridgehead atoms. The third kappa shape index (κ3) is 3.49. The van der Waals surface area contributed by atoms with Gasteiger partial charge in [0.1, 0.15) is 0 Å². The number of hydrogen-bond acceptors (Lipinski definition) is 4. The Balaban J connectivity index is 2.51. The van der Waals surface area contributed by atoms with Crippen molar-refractivity contribution in [2.24, 2.45) is 0 Å². The number of aromatic carboxylic acids is 2. The van der Waals surface area contributed by atoms with Gasteiger partial charge in [0, 0.05) is 27.8 Å². The number of nitrogen functional groups attached to an aromatic ring is 2. The Bertz CT molecular complexity index is 754.